The largest absolute Gasteiger partial charge is 0.464 e. The van der Waals surface area contributed by atoms with Crippen molar-refractivity contribution in [1.82, 2.24) is 5.01 Å². The number of fused-ring (bicyclic) bond motifs is 3. The van der Waals surface area contributed by atoms with Crippen LogP contribution in [0.25, 0.3) is 0 Å². The Morgan fingerprint density at radius 2 is 1.94 bits per heavy atom. The minimum Gasteiger partial charge on any atom is -0.464 e. The summed E-state index contributed by atoms with van der Waals surface area (Å²) in [6, 6.07) is 21.1. The van der Waals surface area contributed by atoms with Gasteiger partial charge in [0.1, 0.15) is 10.8 Å². The highest BCUT2D eigenvalue weighted by molar-refractivity contribution is 6.32. The van der Waals surface area contributed by atoms with Crippen LogP contribution in [-0.2, 0) is 6.42 Å². The van der Waals surface area contributed by atoms with E-state index in [-0.39, 0.29) is 16.8 Å². The number of benzene rings is 3. The number of hydrogen-bond acceptors (Lipinski definition) is 5. The predicted octanol–water partition coefficient (Wildman–Crippen LogP) is 6.05. The van der Waals surface area contributed by atoms with Crippen molar-refractivity contribution in [1.29, 1.82) is 0 Å². The molecule has 0 amide bonds. The van der Waals surface area contributed by atoms with Crippen molar-refractivity contribution in [2.45, 2.75) is 32.0 Å². The monoisotopic (exact) mass is 433 g/mol. The van der Waals surface area contributed by atoms with Gasteiger partial charge in [-0.05, 0) is 29.7 Å². The molecule has 2 heterocycles. The van der Waals surface area contributed by atoms with Crippen molar-refractivity contribution in [2.24, 2.45) is 5.10 Å². The summed E-state index contributed by atoms with van der Waals surface area (Å²) in [5.74, 6) is 0.768. The molecule has 0 fully saturated rings. The van der Waals surface area contributed by atoms with Crippen molar-refractivity contribution in [3.05, 3.63) is 104 Å². The van der Waals surface area contributed by atoms with Crippen molar-refractivity contribution in [3.63, 3.8) is 0 Å². The minimum absolute atomic E-state index is 0.00876. The third kappa shape index (κ3) is 3.43. The van der Waals surface area contributed by atoms with E-state index in [1.165, 1.54) is 17.7 Å². The van der Waals surface area contributed by atoms with Gasteiger partial charge in [0, 0.05) is 23.6 Å². The van der Waals surface area contributed by atoms with Crippen molar-refractivity contribution < 1.29 is 9.66 Å². The van der Waals surface area contributed by atoms with E-state index in [0.717, 1.165) is 35.4 Å². The van der Waals surface area contributed by atoms with Crippen molar-refractivity contribution >= 4 is 23.0 Å². The van der Waals surface area contributed by atoms with Crippen LogP contribution in [0.2, 0.25) is 5.02 Å². The average Bonchev–Trinajstić information content (AvgIpc) is 3.24. The van der Waals surface area contributed by atoms with Gasteiger partial charge in [-0.2, -0.15) is 5.10 Å². The molecule has 0 N–H and O–H groups in total. The minimum atomic E-state index is -0.580. The fraction of sp³-hybridized carbons (Fsp3) is 0.208. The number of rotatable bonds is 4. The number of nitro groups is 1. The van der Waals surface area contributed by atoms with E-state index in [4.69, 9.17) is 21.4 Å². The molecule has 0 spiro atoms. The molecule has 0 aromatic heterocycles. The first-order chi connectivity index (χ1) is 15.0. The molecule has 2 aliphatic heterocycles. The zero-order valence-corrected chi connectivity index (χ0v) is 17.6. The van der Waals surface area contributed by atoms with E-state index in [1.807, 2.05) is 29.3 Å². The lowest BCUT2D eigenvalue weighted by molar-refractivity contribution is -0.384. The van der Waals surface area contributed by atoms with Crippen LogP contribution in [0.4, 0.5) is 5.69 Å². The van der Waals surface area contributed by atoms with Crippen LogP contribution in [0.15, 0.2) is 71.8 Å². The van der Waals surface area contributed by atoms with Crippen LogP contribution in [0, 0.1) is 10.1 Å². The summed E-state index contributed by atoms with van der Waals surface area (Å²) < 4.78 is 6.28. The lowest BCUT2D eigenvalue weighted by atomic mass is 9.95. The summed E-state index contributed by atoms with van der Waals surface area (Å²) in [7, 11) is 0. The molecule has 6 nitrogen and oxygen atoms in total. The Bertz CT molecular complexity index is 1190. The fourth-order valence-corrected chi connectivity index (χ4v) is 4.37. The van der Waals surface area contributed by atoms with E-state index in [9.17, 15) is 10.1 Å². The summed E-state index contributed by atoms with van der Waals surface area (Å²) in [6.45, 7) is 2.13. The molecule has 0 saturated heterocycles. The second-order valence-electron chi connectivity index (χ2n) is 7.67. The molecule has 5 rings (SSSR count). The summed E-state index contributed by atoms with van der Waals surface area (Å²) in [5, 5.41) is 18.3. The number of hydrogen-bond donors (Lipinski definition) is 0. The molecule has 0 radical (unpaired) electrons. The molecule has 0 unspecified atom stereocenters. The van der Waals surface area contributed by atoms with Crippen LogP contribution < -0.4 is 4.74 Å². The number of para-hydroxylation sites is 1. The van der Waals surface area contributed by atoms with Crippen LogP contribution in [0.3, 0.4) is 0 Å². The molecule has 156 valence electrons. The molecule has 31 heavy (non-hydrogen) atoms. The van der Waals surface area contributed by atoms with Gasteiger partial charge in [-0.25, -0.2) is 5.01 Å². The van der Waals surface area contributed by atoms with Gasteiger partial charge in [0.2, 0.25) is 6.23 Å². The zero-order valence-electron chi connectivity index (χ0n) is 16.9. The smallest absolute Gasteiger partial charge is 0.288 e. The molecular weight excluding hydrogens is 414 g/mol. The van der Waals surface area contributed by atoms with Crippen molar-refractivity contribution in [3.8, 4) is 5.75 Å². The lowest BCUT2D eigenvalue weighted by Gasteiger charge is -2.38. The maximum absolute atomic E-state index is 11.4. The number of nitro benzene ring substituents is 1. The molecular formula is C24H20ClN3O3. The van der Waals surface area contributed by atoms with Gasteiger partial charge in [-0.3, -0.25) is 10.1 Å². The first kappa shape index (κ1) is 19.6. The normalized spacial score (nSPS) is 19.3. The topological polar surface area (TPSA) is 68.0 Å². The Morgan fingerprint density at radius 1 is 1.16 bits per heavy atom. The number of halogens is 1. The number of nitrogens with zero attached hydrogens (tertiary/aromatic N) is 3. The van der Waals surface area contributed by atoms with Crippen LogP contribution >= 0.6 is 11.6 Å². The maximum atomic E-state index is 11.4. The quantitative estimate of drug-likeness (QED) is 0.371. The first-order valence-corrected chi connectivity index (χ1v) is 10.6. The Labute approximate surface area is 184 Å². The SMILES string of the molecule is CCc1ccc(C2=NN3[C@H](C2)c2ccccc2O[C@@H]3c2ccc(Cl)c([N+](=O)[O-])c2)cc1. The second kappa shape index (κ2) is 7.71. The van der Waals surface area contributed by atoms with Gasteiger partial charge >= 0.3 is 0 Å². The van der Waals surface area contributed by atoms with Gasteiger partial charge in [0.05, 0.1) is 16.7 Å². The highest BCUT2D eigenvalue weighted by Gasteiger charge is 2.41. The van der Waals surface area contributed by atoms with Crippen molar-refractivity contribution in [2.75, 3.05) is 0 Å². The van der Waals surface area contributed by atoms with E-state index in [2.05, 4.69) is 31.2 Å². The first-order valence-electron chi connectivity index (χ1n) is 10.2. The number of hydrazone groups is 1. The Morgan fingerprint density at radius 3 is 2.68 bits per heavy atom. The maximum Gasteiger partial charge on any atom is 0.288 e. The number of aryl methyl sites for hydroxylation is 1. The van der Waals surface area contributed by atoms with Gasteiger partial charge < -0.3 is 4.74 Å². The van der Waals surface area contributed by atoms with Gasteiger partial charge in [-0.1, -0.05) is 67.1 Å². The van der Waals surface area contributed by atoms with Crippen LogP contribution in [0.5, 0.6) is 5.75 Å². The third-order valence-electron chi connectivity index (χ3n) is 5.85. The van der Waals surface area contributed by atoms with E-state index >= 15 is 0 Å². The highest BCUT2D eigenvalue weighted by Crippen LogP contribution is 2.48. The molecule has 0 bridgehead atoms. The second-order valence-corrected chi connectivity index (χ2v) is 8.08. The summed E-state index contributed by atoms with van der Waals surface area (Å²) in [5.41, 5.74) is 4.89. The number of ether oxygens (including phenoxy) is 1. The molecule has 0 saturated carbocycles. The molecule has 3 aromatic carbocycles. The molecule has 2 aliphatic rings. The van der Waals surface area contributed by atoms with E-state index in [0.29, 0.717) is 5.56 Å². The highest BCUT2D eigenvalue weighted by atomic mass is 35.5. The van der Waals surface area contributed by atoms with Crippen LogP contribution in [-0.4, -0.2) is 15.6 Å². The van der Waals surface area contributed by atoms with E-state index in [1.54, 1.807) is 6.07 Å². The molecule has 7 heteroatoms. The van der Waals surface area contributed by atoms with E-state index < -0.39 is 11.2 Å². The molecule has 0 aliphatic carbocycles. The predicted molar refractivity (Wildman–Crippen MR) is 119 cm³/mol. The Kier molecular flexibility index (Phi) is 4.87. The van der Waals surface area contributed by atoms with Gasteiger partial charge in [0.15, 0.2) is 0 Å². The average molecular weight is 434 g/mol. The molecule has 3 aromatic rings. The fourth-order valence-electron chi connectivity index (χ4n) is 4.18. The zero-order chi connectivity index (χ0) is 21.5. The summed E-state index contributed by atoms with van der Waals surface area (Å²) in [4.78, 5) is 10.9. The molecule has 2 atom stereocenters. The summed E-state index contributed by atoms with van der Waals surface area (Å²) >= 11 is 6.03. The van der Waals surface area contributed by atoms with Crippen LogP contribution in [0.1, 0.15) is 47.9 Å². The van der Waals surface area contributed by atoms with Gasteiger partial charge in [-0.15, -0.1) is 0 Å². The lowest BCUT2D eigenvalue weighted by Crippen LogP contribution is -2.33. The Balaban J connectivity index is 1.58. The summed E-state index contributed by atoms with van der Waals surface area (Å²) in [6.07, 6.45) is 1.14. The van der Waals surface area contributed by atoms with Gasteiger partial charge in [0.25, 0.3) is 5.69 Å². The third-order valence-corrected chi connectivity index (χ3v) is 6.17. The standard InChI is InChI=1S/C24H20ClN3O3/c1-2-15-7-9-16(10-8-15)20-14-21-18-5-3-4-6-23(18)31-24(27(21)26-20)17-11-12-19(25)22(13-17)28(29)30/h3-13,21,24H,2,14H2,1H3/t21-,24-/m1/s1. The Hall–Kier alpha value is -3.38.